The molecule has 0 aliphatic carbocycles. The molecule has 0 atom stereocenters. The Kier molecular flexibility index (Phi) is 3.90. The third-order valence-corrected chi connectivity index (χ3v) is 3.34. The van der Waals surface area contributed by atoms with Crippen molar-refractivity contribution in [3.63, 3.8) is 0 Å². The molecular weight excluding hydrogens is 280 g/mol. The molecule has 6 heteroatoms. The Balaban J connectivity index is 2.87. The highest BCUT2D eigenvalue weighted by atomic mass is 79.9. The zero-order valence-electron chi connectivity index (χ0n) is 7.90. The van der Waals surface area contributed by atoms with E-state index in [0.29, 0.717) is 10.2 Å². The van der Waals surface area contributed by atoms with E-state index in [9.17, 15) is 8.42 Å². The minimum absolute atomic E-state index is 0.159. The summed E-state index contributed by atoms with van der Waals surface area (Å²) in [6.07, 6.45) is 0. The van der Waals surface area contributed by atoms with Crippen molar-refractivity contribution in [2.75, 3.05) is 12.3 Å². The van der Waals surface area contributed by atoms with Crippen molar-refractivity contribution >= 4 is 31.6 Å². The summed E-state index contributed by atoms with van der Waals surface area (Å²) < 4.78 is 26.2. The summed E-state index contributed by atoms with van der Waals surface area (Å²) in [7, 11) is -3.47. The average Bonchev–Trinajstić information content (AvgIpc) is 2.16. The Labute approximate surface area is 97.4 Å². The largest absolute Gasteiger partial charge is 0.399 e. The number of nitrogen functional groups attached to an aromatic ring is 1. The molecule has 1 aromatic carbocycles. The van der Waals surface area contributed by atoms with Crippen molar-refractivity contribution in [1.29, 1.82) is 0 Å². The van der Waals surface area contributed by atoms with Crippen molar-refractivity contribution in [2.24, 2.45) is 0 Å². The van der Waals surface area contributed by atoms with Gasteiger partial charge in [0.05, 0.1) is 4.90 Å². The molecule has 0 heterocycles. The van der Waals surface area contributed by atoms with Gasteiger partial charge < -0.3 is 5.73 Å². The summed E-state index contributed by atoms with van der Waals surface area (Å²) in [4.78, 5) is 0.186. The van der Waals surface area contributed by atoms with Crippen LogP contribution in [-0.4, -0.2) is 15.0 Å². The molecule has 0 saturated heterocycles. The molecule has 0 radical (unpaired) electrons. The average molecular weight is 291 g/mol. The number of benzene rings is 1. The fourth-order valence-electron chi connectivity index (χ4n) is 0.904. The van der Waals surface area contributed by atoms with Gasteiger partial charge in [0.1, 0.15) is 0 Å². The van der Waals surface area contributed by atoms with Crippen LogP contribution in [0.15, 0.2) is 40.2 Å². The smallest absolute Gasteiger partial charge is 0.240 e. The summed E-state index contributed by atoms with van der Waals surface area (Å²) in [5, 5.41) is 0. The van der Waals surface area contributed by atoms with E-state index < -0.39 is 10.0 Å². The number of sulfonamides is 1. The maximum absolute atomic E-state index is 11.6. The third kappa shape index (κ3) is 3.65. The first-order chi connectivity index (χ1) is 6.92. The first-order valence-electron chi connectivity index (χ1n) is 4.10. The molecule has 3 N–H and O–H groups in total. The van der Waals surface area contributed by atoms with Crippen LogP contribution in [0, 0.1) is 0 Å². The van der Waals surface area contributed by atoms with E-state index >= 15 is 0 Å². The second-order valence-corrected chi connectivity index (χ2v) is 5.80. The molecule has 0 bridgehead atoms. The minimum Gasteiger partial charge on any atom is -0.399 e. The lowest BCUT2D eigenvalue weighted by Crippen LogP contribution is -2.24. The number of nitrogens with one attached hydrogen (secondary N) is 1. The number of rotatable bonds is 4. The van der Waals surface area contributed by atoms with Gasteiger partial charge in [0.25, 0.3) is 0 Å². The molecule has 1 rings (SSSR count). The van der Waals surface area contributed by atoms with E-state index in [2.05, 4.69) is 27.2 Å². The Bertz CT molecular complexity index is 454. The monoisotopic (exact) mass is 290 g/mol. The second kappa shape index (κ2) is 4.78. The van der Waals surface area contributed by atoms with Gasteiger partial charge in [-0.3, -0.25) is 0 Å². The van der Waals surface area contributed by atoms with Crippen LogP contribution >= 0.6 is 15.9 Å². The molecule has 0 unspecified atom stereocenters. The Morgan fingerprint density at radius 3 is 2.40 bits per heavy atom. The topological polar surface area (TPSA) is 72.2 Å². The van der Waals surface area contributed by atoms with Gasteiger partial charge in [-0.25, -0.2) is 13.1 Å². The Morgan fingerprint density at radius 1 is 1.40 bits per heavy atom. The lowest BCUT2D eigenvalue weighted by molar-refractivity contribution is 0.585. The molecule has 0 aliphatic rings. The van der Waals surface area contributed by atoms with E-state index in [1.54, 1.807) is 0 Å². The molecule has 0 aromatic heterocycles. The van der Waals surface area contributed by atoms with Crippen LogP contribution in [0.2, 0.25) is 0 Å². The fourth-order valence-corrected chi connectivity index (χ4v) is 2.25. The van der Waals surface area contributed by atoms with Crippen LogP contribution in [0.4, 0.5) is 5.69 Å². The van der Waals surface area contributed by atoms with Crippen molar-refractivity contribution in [1.82, 2.24) is 4.72 Å². The minimum atomic E-state index is -3.47. The summed E-state index contributed by atoms with van der Waals surface area (Å²) in [5.74, 6) is 0. The van der Waals surface area contributed by atoms with Crippen LogP contribution < -0.4 is 10.5 Å². The lowest BCUT2D eigenvalue weighted by Gasteiger charge is -2.05. The molecular formula is C9H11BrN2O2S. The summed E-state index contributed by atoms with van der Waals surface area (Å²) in [5.41, 5.74) is 5.98. The molecule has 0 aliphatic heterocycles. The molecule has 15 heavy (non-hydrogen) atoms. The van der Waals surface area contributed by atoms with Crippen LogP contribution in [0.5, 0.6) is 0 Å². The molecule has 0 amide bonds. The van der Waals surface area contributed by atoms with Crippen LogP contribution in [0.1, 0.15) is 0 Å². The first-order valence-corrected chi connectivity index (χ1v) is 6.38. The number of anilines is 1. The maximum Gasteiger partial charge on any atom is 0.240 e. The van der Waals surface area contributed by atoms with E-state index in [1.807, 2.05) is 0 Å². The first kappa shape index (κ1) is 12.2. The highest BCUT2D eigenvalue weighted by molar-refractivity contribution is 9.11. The van der Waals surface area contributed by atoms with Crippen molar-refractivity contribution in [3.8, 4) is 0 Å². The van der Waals surface area contributed by atoms with Crippen LogP contribution in [-0.2, 0) is 10.0 Å². The number of nitrogens with two attached hydrogens (primary N) is 1. The third-order valence-electron chi connectivity index (χ3n) is 1.64. The van der Waals surface area contributed by atoms with Gasteiger partial charge in [0.2, 0.25) is 10.0 Å². The quantitative estimate of drug-likeness (QED) is 0.825. The van der Waals surface area contributed by atoms with Crippen molar-refractivity contribution in [2.45, 2.75) is 4.90 Å². The SMILES string of the molecule is C=C(Br)CNS(=O)(=O)c1ccc(N)cc1. The predicted octanol–water partition coefficient (Wildman–Crippen LogP) is 1.46. The molecule has 1 aromatic rings. The van der Waals surface area contributed by atoms with E-state index in [4.69, 9.17) is 5.73 Å². The molecule has 4 nitrogen and oxygen atoms in total. The highest BCUT2D eigenvalue weighted by Gasteiger charge is 2.12. The highest BCUT2D eigenvalue weighted by Crippen LogP contribution is 2.11. The molecule has 0 spiro atoms. The second-order valence-electron chi connectivity index (χ2n) is 2.91. The zero-order valence-corrected chi connectivity index (χ0v) is 10.3. The Hall–Kier alpha value is -0.850. The summed E-state index contributed by atoms with van der Waals surface area (Å²) >= 11 is 3.07. The summed E-state index contributed by atoms with van der Waals surface area (Å²) in [6, 6.07) is 5.98. The maximum atomic E-state index is 11.6. The van der Waals surface area contributed by atoms with Gasteiger partial charge in [-0.05, 0) is 24.3 Å². The van der Waals surface area contributed by atoms with Crippen LogP contribution in [0.25, 0.3) is 0 Å². The lowest BCUT2D eigenvalue weighted by atomic mass is 10.3. The van der Waals surface area contributed by atoms with Gasteiger partial charge in [0.15, 0.2) is 0 Å². The van der Waals surface area contributed by atoms with E-state index in [1.165, 1.54) is 24.3 Å². The van der Waals surface area contributed by atoms with Crippen LogP contribution in [0.3, 0.4) is 0 Å². The van der Waals surface area contributed by atoms with E-state index in [-0.39, 0.29) is 11.4 Å². The standard InChI is InChI=1S/C9H11BrN2O2S/c1-7(10)6-12-15(13,14)9-4-2-8(11)3-5-9/h2-5,12H,1,6,11H2. The van der Waals surface area contributed by atoms with Gasteiger partial charge in [-0.1, -0.05) is 22.5 Å². The van der Waals surface area contributed by atoms with Crippen molar-refractivity contribution in [3.05, 3.63) is 35.3 Å². The number of hydrogen-bond donors (Lipinski definition) is 2. The number of halogens is 1. The van der Waals surface area contributed by atoms with Gasteiger partial charge in [0, 0.05) is 16.7 Å². The predicted molar refractivity (Wildman–Crippen MR) is 64.1 cm³/mol. The Morgan fingerprint density at radius 2 is 1.93 bits per heavy atom. The fraction of sp³-hybridized carbons (Fsp3) is 0.111. The molecule has 82 valence electrons. The molecule has 0 saturated carbocycles. The number of hydrogen-bond acceptors (Lipinski definition) is 3. The molecule has 0 fully saturated rings. The normalized spacial score (nSPS) is 11.3. The summed E-state index contributed by atoms with van der Waals surface area (Å²) in [6.45, 7) is 3.70. The van der Waals surface area contributed by atoms with E-state index in [0.717, 1.165) is 0 Å². The van der Waals surface area contributed by atoms with Gasteiger partial charge >= 0.3 is 0 Å². The zero-order chi connectivity index (χ0) is 11.5. The van der Waals surface area contributed by atoms with Crippen molar-refractivity contribution < 1.29 is 8.42 Å². The van der Waals surface area contributed by atoms with Gasteiger partial charge in [-0.2, -0.15) is 0 Å². The van der Waals surface area contributed by atoms with Gasteiger partial charge in [-0.15, -0.1) is 0 Å².